The molecular formula is C23H26N2O4S. The third kappa shape index (κ3) is 4.42. The Bertz CT molecular complexity index is 1130. The highest BCUT2D eigenvalue weighted by atomic mass is 32.2. The number of carboxylic acid groups (broad SMARTS) is 1. The molecule has 7 heteroatoms. The molecular weight excluding hydrogens is 400 g/mol. The number of carbonyl (C=O) groups is 1. The topological polar surface area (TPSA) is 99.3 Å². The molecule has 4 rings (SSSR count). The highest BCUT2D eigenvalue weighted by Crippen LogP contribution is 2.33. The monoisotopic (exact) mass is 426 g/mol. The molecule has 0 aliphatic heterocycles. The molecule has 1 heterocycles. The second-order valence-corrected chi connectivity index (χ2v) is 9.69. The van der Waals surface area contributed by atoms with Crippen molar-refractivity contribution in [3.8, 4) is 0 Å². The lowest BCUT2D eigenvalue weighted by Gasteiger charge is -2.22. The molecule has 1 aliphatic rings. The Hall–Kier alpha value is -2.64. The van der Waals surface area contributed by atoms with E-state index in [1.807, 2.05) is 36.4 Å². The van der Waals surface area contributed by atoms with Crippen LogP contribution in [0.1, 0.15) is 49.1 Å². The lowest BCUT2D eigenvalue weighted by molar-refractivity contribution is -0.138. The van der Waals surface area contributed by atoms with Gasteiger partial charge in [-0.05, 0) is 48.1 Å². The van der Waals surface area contributed by atoms with E-state index < -0.39 is 22.0 Å². The lowest BCUT2D eigenvalue weighted by atomic mass is 9.84. The minimum absolute atomic E-state index is 0.0543. The molecule has 0 spiro atoms. The summed E-state index contributed by atoms with van der Waals surface area (Å²) in [5.41, 5.74) is 2.80. The van der Waals surface area contributed by atoms with Crippen LogP contribution in [0.4, 0.5) is 0 Å². The molecule has 1 aliphatic carbocycles. The molecule has 1 atom stereocenters. The van der Waals surface area contributed by atoms with Crippen LogP contribution in [0.2, 0.25) is 0 Å². The van der Waals surface area contributed by atoms with Gasteiger partial charge in [-0.3, -0.25) is 4.79 Å². The second-order valence-electron chi connectivity index (χ2n) is 7.98. The minimum atomic E-state index is -3.95. The first-order valence-corrected chi connectivity index (χ1v) is 11.8. The van der Waals surface area contributed by atoms with Crippen molar-refractivity contribution in [2.75, 3.05) is 0 Å². The molecule has 1 fully saturated rings. The van der Waals surface area contributed by atoms with Crippen molar-refractivity contribution in [3.63, 3.8) is 0 Å². The summed E-state index contributed by atoms with van der Waals surface area (Å²) in [4.78, 5) is 15.0. The van der Waals surface area contributed by atoms with Crippen LogP contribution in [-0.2, 0) is 21.2 Å². The molecule has 3 N–H and O–H groups in total. The number of fused-ring (bicyclic) bond motifs is 1. The molecule has 0 amide bonds. The van der Waals surface area contributed by atoms with E-state index in [1.54, 1.807) is 18.3 Å². The fraction of sp³-hybridized carbons (Fsp3) is 0.348. The van der Waals surface area contributed by atoms with Crippen molar-refractivity contribution in [1.82, 2.24) is 9.71 Å². The maximum absolute atomic E-state index is 12.8. The van der Waals surface area contributed by atoms with Crippen molar-refractivity contribution >= 4 is 26.9 Å². The SMILES string of the molecule is O=C(O)[C@@H](Cc1c[nH]c2ccccc12)NS(=O)(=O)c1ccc(C2CCCCC2)cc1. The summed E-state index contributed by atoms with van der Waals surface area (Å²) in [5, 5.41) is 10.5. The predicted molar refractivity (Wildman–Crippen MR) is 116 cm³/mol. The van der Waals surface area contributed by atoms with Gasteiger partial charge < -0.3 is 10.1 Å². The van der Waals surface area contributed by atoms with Crippen molar-refractivity contribution in [1.29, 1.82) is 0 Å². The summed E-state index contributed by atoms with van der Waals surface area (Å²) in [6.07, 6.45) is 7.74. The van der Waals surface area contributed by atoms with Gasteiger partial charge in [-0.2, -0.15) is 4.72 Å². The Morgan fingerprint density at radius 2 is 1.77 bits per heavy atom. The molecule has 0 unspecified atom stereocenters. The van der Waals surface area contributed by atoms with Crippen molar-refractivity contribution < 1.29 is 18.3 Å². The Balaban J connectivity index is 1.51. The number of carboxylic acids is 1. The standard InChI is InChI=1S/C23H26N2O4S/c26-23(27)22(14-18-15-24-21-9-5-4-8-20(18)21)25-30(28,29)19-12-10-17(11-13-19)16-6-2-1-3-7-16/h4-5,8-13,15-16,22,24-25H,1-3,6-7,14H2,(H,26,27)/t22-/m1/s1. The third-order valence-electron chi connectivity index (χ3n) is 5.96. The predicted octanol–water partition coefficient (Wildman–Crippen LogP) is 4.19. The lowest BCUT2D eigenvalue weighted by Crippen LogP contribution is -2.42. The van der Waals surface area contributed by atoms with Crippen molar-refractivity contribution in [3.05, 3.63) is 65.9 Å². The zero-order valence-corrected chi connectivity index (χ0v) is 17.5. The molecule has 0 saturated heterocycles. The van der Waals surface area contributed by atoms with E-state index in [0.717, 1.165) is 34.9 Å². The number of H-pyrrole nitrogens is 1. The normalized spacial score (nSPS) is 16.5. The van der Waals surface area contributed by atoms with Crippen molar-refractivity contribution in [2.24, 2.45) is 0 Å². The summed E-state index contributed by atoms with van der Waals surface area (Å²) < 4.78 is 28.1. The van der Waals surface area contributed by atoms with Gasteiger partial charge >= 0.3 is 5.97 Å². The number of aromatic amines is 1. The van der Waals surface area contributed by atoms with E-state index in [4.69, 9.17) is 0 Å². The largest absolute Gasteiger partial charge is 0.480 e. The van der Waals surface area contributed by atoms with Crippen LogP contribution in [0, 0.1) is 0 Å². The quantitative estimate of drug-likeness (QED) is 0.527. The zero-order valence-electron chi connectivity index (χ0n) is 16.7. The maximum atomic E-state index is 12.8. The fourth-order valence-corrected chi connectivity index (χ4v) is 5.50. The van der Waals surface area contributed by atoms with E-state index in [0.29, 0.717) is 5.92 Å². The van der Waals surface area contributed by atoms with Crippen LogP contribution in [0.15, 0.2) is 59.6 Å². The molecule has 158 valence electrons. The minimum Gasteiger partial charge on any atom is -0.480 e. The van der Waals surface area contributed by atoms with Crippen LogP contribution in [0.3, 0.4) is 0 Å². The number of rotatable bonds is 7. The summed E-state index contributed by atoms with van der Waals surface area (Å²) in [6, 6.07) is 13.2. The Kier molecular flexibility index (Phi) is 5.92. The average molecular weight is 427 g/mol. The van der Waals surface area contributed by atoms with Gasteiger partial charge in [-0.1, -0.05) is 49.6 Å². The smallest absolute Gasteiger partial charge is 0.322 e. The molecule has 30 heavy (non-hydrogen) atoms. The molecule has 0 bridgehead atoms. The number of para-hydroxylation sites is 1. The Labute approximate surface area is 176 Å². The molecule has 0 radical (unpaired) electrons. The summed E-state index contributed by atoms with van der Waals surface area (Å²) in [7, 11) is -3.95. The molecule has 1 aromatic heterocycles. The van der Waals surface area contributed by atoms with Gasteiger partial charge in [0.2, 0.25) is 10.0 Å². The molecule has 3 aromatic rings. The fourth-order valence-electron chi connectivity index (χ4n) is 4.31. The zero-order chi connectivity index (χ0) is 21.1. The van der Waals surface area contributed by atoms with E-state index in [-0.39, 0.29) is 11.3 Å². The first-order valence-electron chi connectivity index (χ1n) is 10.3. The molecule has 1 saturated carbocycles. The number of sulfonamides is 1. The van der Waals surface area contributed by atoms with Crippen LogP contribution in [0.5, 0.6) is 0 Å². The van der Waals surface area contributed by atoms with Gasteiger partial charge in [0, 0.05) is 23.5 Å². The Morgan fingerprint density at radius 1 is 1.07 bits per heavy atom. The van der Waals surface area contributed by atoms with E-state index in [1.165, 1.54) is 19.3 Å². The first-order chi connectivity index (χ1) is 14.4. The van der Waals surface area contributed by atoms with Gasteiger partial charge in [0.15, 0.2) is 0 Å². The van der Waals surface area contributed by atoms with Gasteiger partial charge in [-0.25, -0.2) is 8.42 Å². The maximum Gasteiger partial charge on any atom is 0.322 e. The number of aliphatic carboxylic acids is 1. The van der Waals surface area contributed by atoms with Crippen LogP contribution < -0.4 is 4.72 Å². The average Bonchev–Trinajstić information content (AvgIpc) is 3.17. The summed E-state index contributed by atoms with van der Waals surface area (Å²) in [5.74, 6) is -0.722. The van der Waals surface area contributed by atoms with Gasteiger partial charge in [0.1, 0.15) is 6.04 Å². The molecule has 6 nitrogen and oxygen atoms in total. The number of hydrogen-bond acceptors (Lipinski definition) is 3. The first kappa shape index (κ1) is 20.6. The van der Waals surface area contributed by atoms with E-state index in [9.17, 15) is 18.3 Å². The van der Waals surface area contributed by atoms with Crippen LogP contribution in [-0.4, -0.2) is 30.5 Å². The van der Waals surface area contributed by atoms with Gasteiger partial charge in [0.25, 0.3) is 0 Å². The van der Waals surface area contributed by atoms with E-state index in [2.05, 4.69) is 9.71 Å². The Morgan fingerprint density at radius 3 is 2.47 bits per heavy atom. The second kappa shape index (κ2) is 8.62. The van der Waals surface area contributed by atoms with Gasteiger partial charge in [-0.15, -0.1) is 0 Å². The highest BCUT2D eigenvalue weighted by Gasteiger charge is 2.27. The third-order valence-corrected chi connectivity index (χ3v) is 7.45. The van der Waals surface area contributed by atoms with Crippen LogP contribution in [0.25, 0.3) is 10.9 Å². The highest BCUT2D eigenvalue weighted by molar-refractivity contribution is 7.89. The number of nitrogens with one attached hydrogen (secondary N) is 2. The molecule has 2 aromatic carbocycles. The summed E-state index contributed by atoms with van der Waals surface area (Å²) >= 11 is 0. The van der Waals surface area contributed by atoms with Crippen LogP contribution >= 0.6 is 0 Å². The van der Waals surface area contributed by atoms with Crippen molar-refractivity contribution in [2.45, 2.75) is 55.4 Å². The number of hydrogen-bond donors (Lipinski definition) is 3. The summed E-state index contributed by atoms with van der Waals surface area (Å²) in [6.45, 7) is 0. The number of benzene rings is 2. The number of aromatic nitrogens is 1. The van der Waals surface area contributed by atoms with E-state index >= 15 is 0 Å². The van der Waals surface area contributed by atoms with Gasteiger partial charge in [0.05, 0.1) is 4.90 Å².